The fourth-order valence-corrected chi connectivity index (χ4v) is 3.01. The zero-order chi connectivity index (χ0) is 17.9. The molecule has 5 nitrogen and oxygen atoms in total. The monoisotopic (exact) mass is 352 g/mol. The van der Waals surface area contributed by atoms with Crippen LogP contribution >= 0.6 is 0 Å². The van der Waals surface area contributed by atoms with E-state index in [1.165, 1.54) is 4.90 Å². The number of imidazole rings is 1. The van der Waals surface area contributed by atoms with E-state index in [1.807, 2.05) is 35.6 Å². The lowest BCUT2D eigenvalue weighted by molar-refractivity contribution is -0.123. The van der Waals surface area contributed by atoms with Crippen molar-refractivity contribution < 1.29 is 18.0 Å². The van der Waals surface area contributed by atoms with E-state index in [1.54, 1.807) is 6.20 Å². The molecule has 1 atom stereocenters. The number of nitrogens with zero attached hydrogens (tertiary/aromatic N) is 2. The maximum atomic E-state index is 12.3. The van der Waals surface area contributed by atoms with Crippen molar-refractivity contribution in [2.75, 3.05) is 13.1 Å². The molecule has 2 N–H and O–H groups in total. The molecule has 2 heterocycles. The summed E-state index contributed by atoms with van der Waals surface area (Å²) < 4.78 is 37.0. The molecule has 0 bridgehead atoms. The number of alkyl halides is 3. The van der Waals surface area contributed by atoms with Crippen molar-refractivity contribution in [1.82, 2.24) is 20.2 Å². The number of likely N-dealkylation sites (tertiary alicyclic amines) is 1. The van der Waals surface area contributed by atoms with Crippen LogP contribution in [0.2, 0.25) is 0 Å². The normalized spacial score (nSPS) is 18.2. The number of H-pyrrole nitrogens is 1. The highest BCUT2D eigenvalue weighted by Gasteiger charge is 2.33. The second-order valence-corrected chi connectivity index (χ2v) is 6.03. The van der Waals surface area contributed by atoms with Crippen molar-refractivity contribution in [1.29, 1.82) is 0 Å². The minimum atomic E-state index is -4.42. The molecule has 0 radical (unpaired) electrons. The van der Waals surface area contributed by atoms with Crippen molar-refractivity contribution in [3.8, 4) is 11.3 Å². The maximum Gasteiger partial charge on any atom is 0.405 e. The van der Waals surface area contributed by atoms with Crippen LogP contribution in [0.3, 0.4) is 0 Å². The number of halogens is 3. The van der Waals surface area contributed by atoms with Crippen LogP contribution in [0.15, 0.2) is 36.5 Å². The van der Waals surface area contributed by atoms with Gasteiger partial charge >= 0.3 is 12.2 Å². The van der Waals surface area contributed by atoms with E-state index < -0.39 is 18.8 Å². The van der Waals surface area contributed by atoms with Crippen LogP contribution < -0.4 is 5.32 Å². The second-order valence-electron chi connectivity index (χ2n) is 6.03. The molecule has 1 aliphatic rings. The molecule has 2 amide bonds. The first-order chi connectivity index (χ1) is 11.9. The fraction of sp³-hybridized carbons (Fsp3) is 0.412. The predicted octanol–water partition coefficient (Wildman–Crippen LogP) is 3.88. The zero-order valence-corrected chi connectivity index (χ0v) is 13.5. The maximum absolute atomic E-state index is 12.3. The highest BCUT2D eigenvalue weighted by atomic mass is 19.4. The lowest BCUT2D eigenvalue weighted by atomic mass is 10.0. The van der Waals surface area contributed by atoms with E-state index in [9.17, 15) is 18.0 Å². The summed E-state index contributed by atoms with van der Waals surface area (Å²) in [5.74, 6) is 0.598. The summed E-state index contributed by atoms with van der Waals surface area (Å²) in [6, 6.07) is 8.55. The quantitative estimate of drug-likeness (QED) is 0.881. The number of nitrogens with one attached hydrogen (secondary N) is 2. The van der Waals surface area contributed by atoms with Gasteiger partial charge in [0.15, 0.2) is 0 Å². The number of carbonyl (C=O) groups is 1. The Morgan fingerprint density at radius 1 is 1.28 bits per heavy atom. The number of rotatable bonds is 3. The summed E-state index contributed by atoms with van der Waals surface area (Å²) in [5.41, 5.74) is 1.78. The van der Waals surface area contributed by atoms with Crippen LogP contribution in [0.1, 0.15) is 31.1 Å². The molecular weight excluding hydrogens is 333 g/mol. The van der Waals surface area contributed by atoms with Crippen molar-refractivity contribution in [3.05, 3.63) is 42.4 Å². The molecule has 0 saturated carbocycles. The van der Waals surface area contributed by atoms with E-state index in [0.29, 0.717) is 18.8 Å². The molecule has 25 heavy (non-hydrogen) atoms. The Labute approximate surface area is 143 Å². The van der Waals surface area contributed by atoms with Gasteiger partial charge in [-0.15, -0.1) is 0 Å². The van der Waals surface area contributed by atoms with Gasteiger partial charge in [-0.3, -0.25) is 0 Å². The third-order valence-electron chi connectivity index (χ3n) is 4.20. The number of urea groups is 1. The summed E-state index contributed by atoms with van der Waals surface area (Å²) in [7, 11) is 0. The molecule has 3 rings (SSSR count). The first kappa shape index (κ1) is 17.3. The number of aromatic nitrogens is 2. The van der Waals surface area contributed by atoms with E-state index in [4.69, 9.17) is 0 Å². The molecule has 1 saturated heterocycles. The first-order valence-electron chi connectivity index (χ1n) is 8.15. The third-order valence-corrected chi connectivity index (χ3v) is 4.20. The molecule has 0 spiro atoms. The van der Waals surface area contributed by atoms with E-state index >= 15 is 0 Å². The number of carbonyl (C=O) groups excluding carboxylic acids is 1. The Morgan fingerprint density at radius 3 is 2.76 bits per heavy atom. The number of hydrogen-bond donors (Lipinski definition) is 2. The van der Waals surface area contributed by atoms with Gasteiger partial charge < -0.3 is 15.2 Å². The van der Waals surface area contributed by atoms with Gasteiger partial charge in [-0.2, -0.15) is 13.2 Å². The van der Waals surface area contributed by atoms with E-state index in [-0.39, 0.29) is 6.04 Å². The number of aromatic amines is 1. The molecule has 1 aromatic heterocycles. The molecule has 0 unspecified atom stereocenters. The van der Waals surface area contributed by atoms with Crippen molar-refractivity contribution in [2.24, 2.45) is 0 Å². The van der Waals surface area contributed by atoms with Crippen LogP contribution in [0.25, 0.3) is 11.3 Å². The van der Waals surface area contributed by atoms with Crippen LogP contribution in [0.5, 0.6) is 0 Å². The SMILES string of the molecule is O=C(NCC(F)(F)F)N1CCCC[C@H]1c1ncc(-c2ccccc2)[nH]1. The summed E-state index contributed by atoms with van der Waals surface area (Å²) in [5, 5.41) is 1.95. The van der Waals surface area contributed by atoms with Crippen LogP contribution in [-0.4, -0.2) is 40.2 Å². The summed E-state index contributed by atoms with van der Waals surface area (Å²) in [6.45, 7) is -0.918. The number of amides is 2. The largest absolute Gasteiger partial charge is 0.405 e. The molecule has 1 aliphatic heterocycles. The van der Waals surface area contributed by atoms with Gasteiger partial charge in [-0.05, 0) is 24.8 Å². The highest BCUT2D eigenvalue weighted by Crippen LogP contribution is 2.30. The van der Waals surface area contributed by atoms with E-state index in [2.05, 4.69) is 9.97 Å². The Morgan fingerprint density at radius 2 is 2.04 bits per heavy atom. The smallest absolute Gasteiger partial charge is 0.340 e. The predicted molar refractivity (Wildman–Crippen MR) is 86.8 cm³/mol. The average molecular weight is 352 g/mol. The fourth-order valence-electron chi connectivity index (χ4n) is 3.01. The summed E-state index contributed by atoms with van der Waals surface area (Å²) in [4.78, 5) is 21.2. The number of piperidine rings is 1. The van der Waals surface area contributed by atoms with Gasteiger partial charge in [0.25, 0.3) is 0 Å². The Kier molecular flexibility index (Phi) is 4.96. The Bertz CT molecular complexity index is 714. The lowest BCUT2D eigenvalue weighted by Gasteiger charge is -2.34. The summed E-state index contributed by atoms with van der Waals surface area (Å²) in [6.07, 6.45) is -0.407. The highest BCUT2D eigenvalue weighted by molar-refractivity contribution is 5.74. The van der Waals surface area contributed by atoms with Gasteiger partial charge in [-0.1, -0.05) is 30.3 Å². The average Bonchev–Trinajstić information content (AvgIpc) is 3.10. The molecule has 2 aromatic rings. The standard InChI is InChI=1S/C17H19F3N4O/c18-17(19,20)11-22-16(25)24-9-5-4-8-14(24)15-21-10-13(23-15)12-6-2-1-3-7-12/h1-3,6-7,10,14H,4-5,8-9,11H2,(H,21,23)(H,22,25)/t14-/m0/s1. The van der Waals surface area contributed by atoms with Gasteiger partial charge in [0.05, 0.1) is 17.9 Å². The van der Waals surface area contributed by atoms with Gasteiger partial charge in [0.1, 0.15) is 12.4 Å². The lowest BCUT2D eigenvalue weighted by Crippen LogP contribution is -2.47. The van der Waals surface area contributed by atoms with Gasteiger partial charge in [-0.25, -0.2) is 9.78 Å². The number of benzene rings is 1. The van der Waals surface area contributed by atoms with Gasteiger partial charge in [0.2, 0.25) is 0 Å². The van der Waals surface area contributed by atoms with Crippen molar-refractivity contribution in [2.45, 2.75) is 31.5 Å². The third kappa shape index (κ3) is 4.32. The summed E-state index contributed by atoms with van der Waals surface area (Å²) >= 11 is 0. The van der Waals surface area contributed by atoms with Crippen LogP contribution in [-0.2, 0) is 0 Å². The topological polar surface area (TPSA) is 61.0 Å². The minimum absolute atomic E-state index is 0.348. The Balaban J connectivity index is 1.75. The number of hydrogen-bond acceptors (Lipinski definition) is 2. The molecular formula is C17H19F3N4O. The van der Waals surface area contributed by atoms with Crippen LogP contribution in [0, 0.1) is 0 Å². The van der Waals surface area contributed by atoms with Crippen molar-refractivity contribution in [3.63, 3.8) is 0 Å². The second kappa shape index (κ2) is 7.16. The van der Waals surface area contributed by atoms with E-state index in [0.717, 1.165) is 24.1 Å². The Hall–Kier alpha value is -2.51. The molecule has 1 fully saturated rings. The molecule has 0 aliphatic carbocycles. The molecule has 8 heteroatoms. The van der Waals surface area contributed by atoms with Crippen molar-refractivity contribution >= 4 is 6.03 Å². The first-order valence-corrected chi connectivity index (χ1v) is 8.15. The molecule has 1 aromatic carbocycles. The zero-order valence-electron chi connectivity index (χ0n) is 13.5. The van der Waals surface area contributed by atoms with Gasteiger partial charge in [0, 0.05) is 6.54 Å². The molecule has 134 valence electrons. The minimum Gasteiger partial charge on any atom is -0.340 e. The van der Waals surface area contributed by atoms with Crippen LogP contribution in [0.4, 0.5) is 18.0 Å².